The van der Waals surface area contributed by atoms with Gasteiger partial charge in [0.2, 0.25) is 0 Å². The summed E-state index contributed by atoms with van der Waals surface area (Å²) in [4.78, 5) is 29.6. The number of aromatic hydroxyl groups is 1. The van der Waals surface area contributed by atoms with Gasteiger partial charge in [-0.2, -0.15) is 0 Å². The number of fused-ring (bicyclic) bond motifs is 1. The van der Waals surface area contributed by atoms with Crippen molar-refractivity contribution in [2.75, 3.05) is 0 Å². The van der Waals surface area contributed by atoms with Crippen LogP contribution in [-0.4, -0.2) is 25.7 Å². The Kier molecular flexibility index (Phi) is 4.22. The number of phenolic OH excluding ortho intramolecular Hbond substituents is 1. The number of hydrogen-bond acceptors (Lipinski definition) is 4. The highest BCUT2D eigenvalue weighted by Crippen LogP contribution is 2.32. The number of ketones is 1. The number of para-hydroxylation sites is 1. The van der Waals surface area contributed by atoms with Gasteiger partial charge in [0.05, 0.1) is 21.7 Å². The summed E-state index contributed by atoms with van der Waals surface area (Å²) in [6.45, 7) is 0. The third-order valence-electron chi connectivity index (χ3n) is 4.09. The van der Waals surface area contributed by atoms with Gasteiger partial charge in [0, 0.05) is 16.8 Å². The largest absolute Gasteiger partial charge is 0.506 e. The Morgan fingerprint density at radius 2 is 1.85 bits per heavy atom. The first-order chi connectivity index (χ1) is 13.0. The maximum absolute atomic E-state index is 12.8. The number of aromatic nitrogens is 3. The SMILES string of the molecule is O=C(c1cnc2[nH]n(-c3ccccc3)c(=O)c2c1)c1cc(Cl)cc(Cl)c1O. The number of nitrogens with zero attached hydrogens (tertiary/aromatic N) is 2. The fourth-order valence-electron chi connectivity index (χ4n) is 2.77. The van der Waals surface area contributed by atoms with E-state index in [-0.39, 0.29) is 37.9 Å². The smallest absolute Gasteiger partial charge is 0.280 e. The van der Waals surface area contributed by atoms with Crippen LogP contribution in [0.25, 0.3) is 16.7 Å². The van der Waals surface area contributed by atoms with Crippen LogP contribution in [0.5, 0.6) is 5.75 Å². The second-order valence-electron chi connectivity index (χ2n) is 5.82. The van der Waals surface area contributed by atoms with Crippen LogP contribution >= 0.6 is 23.2 Å². The van der Waals surface area contributed by atoms with E-state index in [1.165, 1.54) is 29.1 Å². The van der Waals surface area contributed by atoms with Crippen molar-refractivity contribution in [2.45, 2.75) is 0 Å². The van der Waals surface area contributed by atoms with Crippen LogP contribution < -0.4 is 5.56 Å². The van der Waals surface area contributed by atoms with E-state index in [2.05, 4.69) is 10.1 Å². The summed E-state index contributed by atoms with van der Waals surface area (Å²) in [5.41, 5.74) is 0.716. The van der Waals surface area contributed by atoms with Crippen molar-refractivity contribution in [3.8, 4) is 11.4 Å². The van der Waals surface area contributed by atoms with Crippen molar-refractivity contribution >= 4 is 40.0 Å². The molecule has 0 saturated carbocycles. The molecule has 2 aromatic heterocycles. The Balaban J connectivity index is 1.84. The lowest BCUT2D eigenvalue weighted by molar-refractivity contribution is 0.103. The van der Waals surface area contributed by atoms with E-state index in [4.69, 9.17) is 23.2 Å². The maximum atomic E-state index is 12.8. The fourth-order valence-corrected chi connectivity index (χ4v) is 3.27. The number of halogens is 2. The average Bonchev–Trinajstić information content (AvgIpc) is 3.01. The molecule has 0 aliphatic carbocycles. The zero-order valence-electron chi connectivity index (χ0n) is 13.6. The van der Waals surface area contributed by atoms with Gasteiger partial charge in [-0.1, -0.05) is 41.4 Å². The van der Waals surface area contributed by atoms with Crippen LogP contribution in [0.4, 0.5) is 0 Å². The second kappa shape index (κ2) is 6.57. The first kappa shape index (κ1) is 17.3. The Labute approximate surface area is 162 Å². The molecule has 0 spiro atoms. The molecule has 2 N–H and O–H groups in total. The molecule has 0 fully saturated rings. The number of hydrogen-bond donors (Lipinski definition) is 2. The Bertz CT molecular complexity index is 1250. The van der Waals surface area contributed by atoms with Crippen molar-refractivity contribution < 1.29 is 9.90 Å². The topological polar surface area (TPSA) is 88.0 Å². The van der Waals surface area contributed by atoms with E-state index < -0.39 is 5.78 Å². The third kappa shape index (κ3) is 2.99. The van der Waals surface area contributed by atoms with Gasteiger partial charge in [-0.05, 0) is 30.3 Å². The molecule has 4 rings (SSSR count). The summed E-state index contributed by atoms with van der Waals surface area (Å²) in [5, 5.41) is 13.4. The number of H-pyrrole nitrogens is 1. The molecule has 0 atom stereocenters. The first-order valence-electron chi connectivity index (χ1n) is 7.84. The van der Waals surface area contributed by atoms with Crippen LogP contribution in [0, 0.1) is 0 Å². The number of carbonyl (C=O) groups excluding carboxylic acids is 1. The molecule has 0 bridgehead atoms. The van der Waals surface area contributed by atoms with Crippen molar-refractivity contribution in [2.24, 2.45) is 0 Å². The Hall–Kier alpha value is -3.09. The molecule has 4 aromatic rings. The van der Waals surface area contributed by atoms with Gasteiger partial charge in [0.15, 0.2) is 11.4 Å². The predicted octanol–water partition coefficient (Wildman–Crippen LogP) is 3.96. The second-order valence-corrected chi connectivity index (χ2v) is 6.66. The lowest BCUT2D eigenvalue weighted by Gasteiger charge is -2.06. The van der Waals surface area contributed by atoms with Crippen molar-refractivity contribution in [3.05, 3.63) is 86.3 Å². The minimum Gasteiger partial charge on any atom is -0.506 e. The lowest BCUT2D eigenvalue weighted by atomic mass is 10.0. The molecule has 6 nitrogen and oxygen atoms in total. The summed E-state index contributed by atoms with van der Waals surface area (Å²) >= 11 is 11.8. The predicted molar refractivity (Wildman–Crippen MR) is 103 cm³/mol. The fraction of sp³-hybridized carbons (Fsp3) is 0. The standard InChI is InChI=1S/C19H11Cl2N3O3/c20-11-7-13(17(26)15(21)8-11)16(25)10-6-14-18(22-9-10)23-24(19(14)27)12-4-2-1-3-5-12/h1-9,26H,(H,22,23). The number of aromatic amines is 1. The van der Waals surface area contributed by atoms with E-state index in [1.54, 1.807) is 24.3 Å². The zero-order valence-corrected chi connectivity index (χ0v) is 15.1. The van der Waals surface area contributed by atoms with E-state index >= 15 is 0 Å². The van der Waals surface area contributed by atoms with E-state index in [0.29, 0.717) is 11.3 Å². The van der Waals surface area contributed by atoms with Gasteiger partial charge in [0.25, 0.3) is 5.56 Å². The molecule has 8 heteroatoms. The molecule has 0 radical (unpaired) electrons. The summed E-state index contributed by atoms with van der Waals surface area (Å²) in [5.74, 6) is -0.917. The summed E-state index contributed by atoms with van der Waals surface area (Å²) in [7, 11) is 0. The molecule has 0 unspecified atom stereocenters. The van der Waals surface area contributed by atoms with Gasteiger partial charge < -0.3 is 5.11 Å². The normalized spacial score (nSPS) is 11.0. The molecular formula is C19H11Cl2N3O3. The maximum Gasteiger partial charge on any atom is 0.280 e. The summed E-state index contributed by atoms with van der Waals surface area (Å²) in [6.07, 6.45) is 1.32. The highest BCUT2D eigenvalue weighted by Gasteiger charge is 2.19. The number of rotatable bonds is 3. The molecule has 0 aliphatic rings. The number of pyridine rings is 1. The third-order valence-corrected chi connectivity index (χ3v) is 4.59. The molecule has 0 saturated heterocycles. The summed E-state index contributed by atoms with van der Waals surface area (Å²) < 4.78 is 1.35. The molecule has 0 amide bonds. The lowest BCUT2D eigenvalue weighted by Crippen LogP contribution is -2.14. The number of phenols is 1. The van der Waals surface area contributed by atoms with E-state index in [1.807, 2.05) is 6.07 Å². The van der Waals surface area contributed by atoms with Crippen LogP contribution in [0.2, 0.25) is 10.0 Å². The van der Waals surface area contributed by atoms with Gasteiger partial charge in [-0.15, -0.1) is 0 Å². The molecular weight excluding hydrogens is 389 g/mol. The van der Waals surface area contributed by atoms with E-state index in [0.717, 1.165) is 0 Å². The van der Waals surface area contributed by atoms with Gasteiger partial charge in [-0.3, -0.25) is 14.7 Å². The summed E-state index contributed by atoms with van der Waals surface area (Å²) in [6, 6.07) is 13.1. The average molecular weight is 400 g/mol. The molecule has 134 valence electrons. The van der Waals surface area contributed by atoms with Crippen molar-refractivity contribution in [1.29, 1.82) is 0 Å². The quantitative estimate of drug-likeness (QED) is 0.510. The first-order valence-corrected chi connectivity index (χ1v) is 8.60. The minimum absolute atomic E-state index is 0.0343. The van der Waals surface area contributed by atoms with E-state index in [9.17, 15) is 14.7 Å². The minimum atomic E-state index is -0.543. The van der Waals surface area contributed by atoms with Crippen LogP contribution in [0.15, 0.2) is 59.5 Å². The van der Waals surface area contributed by atoms with Crippen molar-refractivity contribution in [3.63, 3.8) is 0 Å². The van der Waals surface area contributed by atoms with Gasteiger partial charge >= 0.3 is 0 Å². The monoisotopic (exact) mass is 399 g/mol. The van der Waals surface area contributed by atoms with Crippen molar-refractivity contribution in [1.82, 2.24) is 14.8 Å². The molecule has 2 aromatic carbocycles. The van der Waals surface area contributed by atoms with Crippen LogP contribution in [0.3, 0.4) is 0 Å². The number of nitrogens with one attached hydrogen (secondary N) is 1. The number of benzene rings is 2. The Morgan fingerprint density at radius 3 is 2.59 bits per heavy atom. The van der Waals surface area contributed by atoms with Crippen LogP contribution in [-0.2, 0) is 0 Å². The number of carbonyl (C=O) groups is 1. The van der Waals surface area contributed by atoms with Gasteiger partial charge in [-0.25, -0.2) is 9.67 Å². The molecule has 2 heterocycles. The molecule has 27 heavy (non-hydrogen) atoms. The van der Waals surface area contributed by atoms with Gasteiger partial charge in [0.1, 0.15) is 5.75 Å². The van der Waals surface area contributed by atoms with Crippen LogP contribution in [0.1, 0.15) is 15.9 Å². The molecule has 0 aliphatic heterocycles. The Morgan fingerprint density at radius 1 is 1.11 bits per heavy atom. The highest BCUT2D eigenvalue weighted by molar-refractivity contribution is 6.36. The highest BCUT2D eigenvalue weighted by atomic mass is 35.5. The zero-order chi connectivity index (χ0) is 19.1.